The number of hydrogen-bond donors (Lipinski definition) is 2. The van der Waals surface area contributed by atoms with Crippen LogP contribution < -0.4 is 16.1 Å². The Morgan fingerprint density at radius 2 is 1.51 bits per heavy atom. The van der Waals surface area contributed by atoms with Crippen LogP contribution in [-0.4, -0.2) is 23.9 Å². The predicted molar refractivity (Wildman–Crippen MR) is 158 cm³/mol. The van der Waals surface area contributed by atoms with Gasteiger partial charge in [0.05, 0.1) is 33.5 Å². The zero-order valence-electron chi connectivity index (χ0n) is 21.4. The molecule has 4 aromatic rings. The number of hydrazone groups is 1. The molecule has 2 bridgehead atoms. The number of anilines is 2. The second-order valence-corrected chi connectivity index (χ2v) is 11.3. The third-order valence-corrected chi connectivity index (χ3v) is 9.01. The highest BCUT2D eigenvalue weighted by molar-refractivity contribution is 6.38. The lowest BCUT2D eigenvalue weighted by Crippen LogP contribution is -2.54. The van der Waals surface area contributed by atoms with Gasteiger partial charge in [-0.1, -0.05) is 83.9 Å². The number of nitrogen functional groups attached to an aromatic ring is 1. The van der Waals surface area contributed by atoms with Crippen LogP contribution in [0.25, 0.3) is 0 Å². The summed E-state index contributed by atoms with van der Waals surface area (Å²) in [6.07, 6.45) is 1.60. The van der Waals surface area contributed by atoms with Crippen molar-refractivity contribution in [1.29, 1.82) is 0 Å². The van der Waals surface area contributed by atoms with Gasteiger partial charge in [-0.05, 0) is 52.6 Å². The van der Waals surface area contributed by atoms with E-state index >= 15 is 0 Å². The van der Waals surface area contributed by atoms with E-state index in [1.807, 2.05) is 48.5 Å². The number of amides is 3. The first kappa shape index (κ1) is 25.5. The minimum absolute atomic E-state index is 0.204. The Labute approximate surface area is 245 Å². The maximum Gasteiger partial charge on any atom is 0.273 e. The summed E-state index contributed by atoms with van der Waals surface area (Å²) in [6, 6.07) is 27.0. The van der Waals surface area contributed by atoms with Crippen molar-refractivity contribution in [3.8, 4) is 0 Å². The molecule has 3 N–H and O–H groups in total. The molecule has 3 aliphatic carbocycles. The average Bonchev–Trinajstić information content (AvgIpc) is 3.24. The number of carbonyl (C=O) groups is 3. The van der Waals surface area contributed by atoms with Gasteiger partial charge in [-0.3, -0.25) is 14.4 Å². The largest absolute Gasteiger partial charge is 0.398 e. The fraction of sp³-hybridized carbons (Fsp3) is 0.125. The number of hydrogen-bond acceptors (Lipinski definition) is 5. The summed E-state index contributed by atoms with van der Waals surface area (Å²) in [5.74, 6) is -3.07. The predicted octanol–water partition coefficient (Wildman–Crippen LogP) is 5.54. The lowest BCUT2D eigenvalue weighted by Gasteiger charge is -2.52. The maximum atomic E-state index is 14.4. The molecule has 8 rings (SSSR count). The van der Waals surface area contributed by atoms with Gasteiger partial charge in [0.25, 0.3) is 5.91 Å². The topological polar surface area (TPSA) is 105 Å². The molecule has 0 spiro atoms. The van der Waals surface area contributed by atoms with E-state index in [9.17, 15) is 14.4 Å². The van der Waals surface area contributed by atoms with Crippen LogP contribution in [-0.2, 0) is 15.0 Å². The van der Waals surface area contributed by atoms with Gasteiger partial charge in [0.2, 0.25) is 11.8 Å². The van der Waals surface area contributed by atoms with Crippen LogP contribution in [0.1, 0.15) is 38.5 Å². The number of imide groups is 1. The maximum absolute atomic E-state index is 14.4. The van der Waals surface area contributed by atoms with Crippen molar-refractivity contribution in [2.24, 2.45) is 16.9 Å². The molecular weight excluding hydrogens is 559 g/mol. The standard InChI is InChI=1S/C32H22Cl2N4O3/c33-17-13-14-25(23(34)15-17)38-30(40)27-26-18-7-1-4-10-21(18)32(28(27)31(38)41,22-11-5-2-8-19(22)26)16-36-37-29(39)20-9-3-6-12-24(20)35/h1-16,26-28H,35H2,(H,37,39)/b36-16-/t26?,27-,28-,32?/m0/s1. The Morgan fingerprint density at radius 1 is 0.878 bits per heavy atom. The van der Waals surface area contributed by atoms with Gasteiger partial charge >= 0.3 is 0 Å². The highest BCUT2D eigenvalue weighted by atomic mass is 35.5. The van der Waals surface area contributed by atoms with Gasteiger partial charge in [-0.15, -0.1) is 0 Å². The number of benzene rings is 4. The third kappa shape index (κ3) is 3.52. The SMILES string of the molecule is Nc1ccccc1C(=O)N/N=C\C12c3ccccc3C(c3ccccc31)[C@@H]1C(=O)N(c3ccc(Cl)cc3Cl)C(=O)[C@H]12. The molecule has 0 saturated carbocycles. The molecule has 1 heterocycles. The Bertz CT molecular complexity index is 1770. The molecule has 0 radical (unpaired) electrons. The molecule has 1 fully saturated rings. The third-order valence-electron chi connectivity index (χ3n) is 8.47. The molecular formula is C32H22Cl2N4O3. The first-order valence-corrected chi connectivity index (χ1v) is 13.8. The van der Waals surface area contributed by atoms with Gasteiger partial charge < -0.3 is 5.73 Å². The van der Waals surface area contributed by atoms with Crippen molar-refractivity contribution in [3.05, 3.63) is 129 Å². The van der Waals surface area contributed by atoms with E-state index in [1.165, 1.54) is 11.0 Å². The summed E-state index contributed by atoms with van der Waals surface area (Å²) in [7, 11) is 0. The van der Waals surface area contributed by atoms with Crippen molar-refractivity contribution < 1.29 is 14.4 Å². The number of nitrogens with two attached hydrogens (primary N) is 1. The molecule has 7 nitrogen and oxygen atoms in total. The van der Waals surface area contributed by atoms with E-state index in [0.717, 1.165) is 22.3 Å². The summed E-state index contributed by atoms with van der Waals surface area (Å²) < 4.78 is 0. The minimum Gasteiger partial charge on any atom is -0.398 e. The van der Waals surface area contributed by atoms with Crippen LogP contribution in [0.15, 0.2) is 96.1 Å². The van der Waals surface area contributed by atoms with Crippen molar-refractivity contribution >= 4 is 58.5 Å². The highest BCUT2D eigenvalue weighted by Gasteiger charge is 2.68. The Morgan fingerprint density at radius 3 is 2.17 bits per heavy atom. The number of carbonyl (C=O) groups excluding carboxylic acids is 3. The summed E-state index contributed by atoms with van der Waals surface area (Å²) in [6.45, 7) is 0. The molecule has 1 saturated heterocycles. The van der Waals surface area contributed by atoms with E-state index in [2.05, 4.69) is 10.5 Å². The summed E-state index contributed by atoms with van der Waals surface area (Å²) >= 11 is 12.6. The van der Waals surface area contributed by atoms with E-state index in [-0.39, 0.29) is 34.0 Å². The van der Waals surface area contributed by atoms with E-state index in [1.54, 1.807) is 42.6 Å². The molecule has 2 atom stereocenters. The first-order valence-electron chi connectivity index (χ1n) is 13.1. The Hall–Kier alpha value is -4.46. The van der Waals surface area contributed by atoms with Crippen LogP contribution in [0.4, 0.5) is 11.4 Å². The molecule has 0 unspecified atom stereocenters. The second kappa shape index (κ2) is 9.29. The molecule has 202 valence electrons. The second-order valence-electron chi connectivity index (χ2n) is 10.4. The van der Waals surface area contributed by atoms with Crippen LogP contribution >= 0.6 is 23.2 Å². The number of nitrogens with one attached hydrogen (secondary N) is 1. The molecule has 0 aromatic heterocycles. The fourth-order valence-corrected chi connectivity index (χ4v) is 7.40. The van der Waals surface area contributed by atoms with Crippen LogP contribution in [0, 0.1) is 11.8 Å². The summed E-state index contributed by atoms with van der Waals surface area (Å²) in [5.41, 5.74) is 12.0. The van der Waals surface area contributed by atoms with Gasteiger partial charge in [-0.2, -0.15) is 5.10 Å². The Balaban J connectivity index is 1.41. The normalized spacial score (nSPS) is 23.9. The van der Waals surface area contributed by atoms with Crippen LogP contribution in [0.5, 0.6) is 0 Å². The monoisotopic (exact) mass is 580 g/mol. The summed E-state index contributed by atoms with van der Waals surface area (Å²) in [5, 5.41) is 5.02. The Kier molecular flexibility index (Phi) is 5.78. The molecule has 4 aromatic carbocycles. The van der Waals surface area contributed by atoms with Crippen molar-refractivity contribution in [2.75, 3.05) is 10.6 Å². The minimum atomic E-state index is -1.14. The number of para-hydroxylation sites is 1. The lowest BCUT2D eigenvalue weighted by molar-refractivity contribution is -0.122. The van der Waals surface area contributed by atoms with Gasteiger partial charge in [-0.25, -0.2) is 10.3 Å². The highest BCUT2D eigenvalue weighted by Crippen LogP contribution is 2.63. The lowest BCUT2D eigenvalue weighted by atomic mass is 9.47. The van der Waals surface area contributed by atoms with E-state index in [0.29, 0.717) is 10.7 Å². The fourth-order valence-electron chi connectivity index (χ4n) is 6.91. The quantitative estimate of drug-likeness (QED) is 0.143. The molecule has 41 heavy (non-hydrogen) atoms. The molecule has 9 heteroatoms. The van der Waals surface area contributed by atoms with Crippen LogP contribution in [0.2, 0.25) is 10.0 Å². The van der Waals surface area contributed by atoms with Gasteiger partial charge in [0, 0.05) is 22.8 Å². The molecule has 1 aliphatic heterocycles. The van der Waals surface area contributed by atoms with Gasteiger partial charge in [0.1, 0.15) is 0 Å². The summed E-state index contributed by atoms with van der Waals surface area (Å²) in [4.78, 5) is 42.8. The molecule has 4 aliphatic rings. The van der Waals surface area contributed by atoms with Crippen LogP contribution in [0.3, 0.4) is 0 Å². The van der Waals surface area contributed by atoms with Crippen molar-refractivity contribution in [2.45, 2.75) is 11.3 Å². The number of rotatable bonds is 4. The molecule has 3 amide bonds. The smallest absolute Gasteiger partial charge is 0.273 e. The zero-order valence-corrected chi connectivity index (χ0v) is 22.9. The zero-order chi connectivity index (χ0) is 28.5. The number of nitrogens with zero attached hydrogens (tertiary/aromatic N) is 2. The van der Waals surface area contributed by atoms with Gasteiger partial charge in [0.15, 0.2) is 0 Å². The first-order chi connectivity index (χ1) is 19.8. The van der Waals surface area contributed by atoms with Crippen molar-refractivity contribution in [3.63, 3.8) is 0 Å². The van der Waals surface area contributed by atoms with E-state index in [4.69, 9.17) is 28.9 Å². The van der Waals surface area contributed by atoms with Crippen molar-refractivity contribution in [1.82, 2.24) is 5.43 Å². The number of halogens is 2. The van der Waals surface area contributed by atoms with E-state index < -0.39 is 23.2 Å². The average molecular weight is 581 g/mol.